The van der Waals surface area contributed by atoms with Gasteiger partial charge < -0.3 is 14.1 Å². The first kappa shape index (κ1) is 21.4. The van der Waals surface area contributed by atoms with Crippen molar-refractivity contribution in [1.82, 2.24) is 0 Å². The number of hydrogen-bond donors (Lipinski definition) is 1. The van der Waals surface area contributed by atoms with Crippen molar-refractivity contribution >= 4 is 26.7 Å². The Balaban J connectivity index is 1.66. The fraction of sp³-hybridized carbons (Fsp3) is 0.160. The van der Waals surface area contributed by atoms with E-state index in [1.807, 2.05) is 24.3 Å². The van der Waals surface area contributed by atoms with Crippen LogP contribution in [0.3, 0.4) is 0 Å². The van der Waals surface area contributed by atoms with Crippen molar-refractivity contribution in [3.05, 3.63) is 83.0 Å². The SMILES string of the molecule is NS(=O)(=O)c1ccc(-c2oc3ccccc3c(=O)c2-c2ccc(N3CCOCC3)cc2)cc1. The van der Waals surface area contributed by atoms with E-state index < -0.39 is 10.0 Å². The van der Waals surface area contributed by atoms with Crippen molar-refractivity contribution in [2.45, 2.75) is 4.90 Å². The average molecular weight is 463 g/mol. The summed E-state index contributed by atoms with van der Waals surface area (Å²) in [6.45, 7) is 3.02. The highest BCUT2D eigenvalue weighted by atomic mass is 32.2. The van der Waals surface area contributed by atoms with Crippen LogP contribution in [0.1, 0.15) is 0 Å². The smallest absolute Gasteiger partial charge is 0.238 e. The molecule has 2 N–H and O–H groups in total. The Morgan fingerprint density at radius 3 is 2.12 bits per heavy atom. The number of hydrogen-bond acceptors (Lipinski definition) is 6. The number of primary sulfonamides is 1. The summed E-state index contributed by atoms with van der Waals surface area (Å²) < 4.78 is 34.9. The van der Waals surface area contributed by atoms with Crippen LogP contribution in [0.5, 0.6) is 0 Å². The molecular weight excluding hydrogens is 440 g/mol. The number of morpholine rings is 1. The highest BCUT2D eigenvalue weighted by Crippen LogP contribution is 2.34. The molecule has 0 bridgehead atoms. The Labute approximate surface area is 191 Å². The number of ether oxygens (including phenoxy) is 1. The van der Waals surface area contributed by atoms with Gasteiger partial charge in [-0.05, 0) is 54.1 Å². The second-order valence-corrected chi connectivity index (χ2v) is 9.41. The van der Waals surface area contributed by atoms with Gasteiger partial charge in [-0.1, -0.05) is 24.3 Å². The standard InChI is InChI=1S/C25H22N2O5S/c26-33(29,30)20-11-7-18(8-12-20)25-23(24(28)21-3-1-2-4-22(21)32-25)17-5-9-19(10-6-17)27-13-15-31-16-14-27/h1-12H,13-16H2,(H2,26,29,30). The van der Waals surface area contributed by atoms with Crippen molar-refractivity contribution in [2.75, 3.05) is 31.2 Å². The predicted octanol–water partition coefficient (Wildman–Crippen LogP) is 3.61. The molecule has 5 rings (SSSR count). The average Bonchev–Trinajstić information content (AvgIpc) is 2.84. The molecule has 168 valence electrons. The summed E-state index contributed by atoms with van der Waals surface area (Å²) in [7, 11) is -3.83. The lowest BCUT2D eigenvalue weighted by molar-refractivity contribution is 0.122. The zero-order valence-corrected chi connectivity index (χ0v) is 18.5. The van der Waals surface area contributed by atoms with Crippen LogP contribution < -0.4 is 15.5 Å². The molecular formula is C25H22N2O5S. The Bertz CT molecular complexity index is 1470. The molecule has 1 aliphatic rings. The van der Waals surface area contributed by atoms with Gasteiger partial charge in [0.1, 0.15) is 11.3 Å². The van der Waals surface area contributed by atoms with Crippen LogP contribution in [-0.2, 0) is 14.8 Å². The molecule has 0 unspecified atom stereocenters. The Hall–Kier alpha value is -3.46. The van der Waals surface area contributed by atoms with Crippen molar-refractivity contribution < 1.29 is 17.6 Å². The summed E-state index contributed by atoms with van der Waals surface area (Å²) >= 11 is 0. The minimum Gasteiger partial charge on any atom is -0.455 e. The third-order valence-corrected chi connectivity index (χ3v) is 6.70. The molecule has 1 aliphatic heterocycles. The fourth-order valence-corrected chi connectivity index (χ4v) is 4.58. The number of rotatable bonds is 4. The second kappa shape index (κ2) is 8.47. The van der Waals surface area contributed by atoms with Crippen LogP contribution in [0.4, 0.5) is 5.69 Å². The quantitative estimate of drug-likeness (QED) is 0.497. The molecule has 0 radical (unpaired) electrons. The molecule has 7 nitrogen and oxygen atoms in total. The van der Waals surface area contributed by atoms with E-state index in [-0.39, 0.29) is 10.3 Å². The van der Waals surface area contributed by atoms with Gasteiger partial charge in [0, 0.05) is 24.3 Å². The van der Waals surface area contributed by atoms with E-state index in [1.54, 1.807) is 36.4 Å². The highest BCUT2D eigenvalue weighted by molar-refractivity contribution is 7.89. The van der Waals surface area contributed by atoms with E-state index >= 15 is 0 Å². The van der Waals surface area contributed by atoms with Gasteiger partial charge in [0.15, 0.2) is 0 Å². The van der Waals surface area contributed by atoms with Crippen LogP contribution in [0.25, 0.3) is 33.4 Å². The molecule has 4 aromatic rings. The van der Waals surface area contributed by atoms with E-state index in [9.17, 15) is 13.2 Å². The fourth-order valence-electron chi connectivity index (χ4n) is 4.06. The van der Waals surface area contributed by atoms with Crippen LogP contribution >= 0.6 is 0 Å². The number of benzene rings is 3. The van der Waals surface area contributed by atoms with Crippen LogP contribution in [0.2, 0.25) is 0 Å². The van der Waals surface area contributed by atoms with Crippen molar-refractivity contribution in [2.24, 2.45) is 5.14 Å². The molecule has 0 spiro atoms. The maximum absolute atomic E-state index is 13.5. The van der Waals surface area contributed by atoms with Crippen molar-refractivity contribution in [3.8, 4) is 22.5 Å². The summed E-state index contributed by atoms with van der Waals surface area (Å²) in [5.74, 6) is 0.374. The van der Waals surface area contributed by atoms with Gasteiger partial charge in [-0.2, -0.15) is 0 Å². The van der Waals surface area contributed by atoms with Gasteiger partial charge >= 0.3 is 0 Å². The molecule has 1 saturated heterocycles. The molecule has 2 heterocycles. The number of sulfonamides is 1. The van der Waals surface area contributed by atoms with Crippen molar-refractivity contribution in [1.29, 1.82) is 0 Å². The van der Waals surface area contributed by atoms with Crippen molar-refractivity contribution in [3.63, 3.8) is 0 Å². The van der Waals surface area contributed by atoms with Gasteiger partial charge in [0.05, 0.1) is 29.1 Å². The minimum atomic E-state index is -3.83. The van der Waals surface area contributed by atoms with Gasteiger partial charge in [-0.25, -0.2) is 13.6 Å². The summed E-state index contributed by atoms with van der Waals surface area (Å²) in [6, 6.07) is 20.9. The number of nitrogens with two attached hydrogens (primary N) is 1. The van der Waals surface area contributed by atoms with E-state index in [0.717, 1.165) is 24.3 Å². The monoisotopic (exact) mass is 462 g/mol. The summed E-state index contributed by atoms with van der Waals surface area (Å²) in [4.78, 5) is 15.8. The maximum atomic E-state index is 13.5. The third-order valence-electron chi connectivity index (χ3n) is 5.78. The maximum Gasteiger partial charge on any atom is 0.238 e. The van der Waals surface area contributed by atoms with Crippen LogP contribution in [0.15, 0.2) is 86.9 Å². The lowest BCUT2D eigenvalue weighted by Gasteiger charge is -2.29. The first-order valence-electron chi connectivity index (χ1n) is 10.5. The van der Waals surface area contributed by atoms with E-state index in [1.165, 1.54) is 12.1 Å². The number of anilines is 1. The summed E-state index contributed by atoms with van der Waals surface area (Å²) in [6.07, 6.45) is 0. The number of nitrogens with zero attached hydrogens (tertiary/aromatic N) is 1. The van der Waals surface area contributed by atoms with Crippen LogP contribution in [-0.4, -0.2) is 34.7 Å². The molecule has 1 fully saturated rings. The Morgan fingerprint density at radius 1 is 0.818 bits per heavy atom. The molecule has 8 heteroatoms. The van der Waals surface area contributed by atoms with Gasteiger partial charge in [0.25, 0.3) is 0 Å². The molecule has 3 aromatic carbocycles. The lowest BCUT2D eigenvalue weighted by atomic mass is 9.98. The van der Waals surface area contributed by atoms with E-state index in [4.69, 9.17) is 14.3 Å². The number of para-hydroxylation sites is 1. The predicted molar refractivity (Wildman–Crippen MR) is 128 cm³/mol. The zero-order valence-electron chi connectivity index (χ0n) is 17.7. The topological polar surface area (TPSA) is 103 Å². The molecule has 0 saturated carbocycles. The highest BCUT2D eigenvalue weighted by Gasteiger charge is 2.19. The molecule has 0 amide bonds. The Kier molecular flexibility index (Phi) is 5.49. The van der Waals surface area contributed by atoms with Gasteiger partial charge in [-0.15, -0.1) is 0 Å². The minimum absolute atomic E-state index is 0.00852. The lowest BCUT2D eigenvalue weighted by Crippen LogP contribution is -2.36. The summed E-state index contributed by atoms with van der Waals surface area (Å²) in [5, 5.41) is 5.71. The third kappa shape index (κ3) is 4.16. The molecule has 0 atom stereocenters. The summed E-state index contributed by atoms with van der Waals surface area (Å²) in [5.41, 5.74) is 3.09. The first-order valence-corrected chi connectivity index (χ1v) is 12.1. The normalized spacial score (nSPS) is 14.5. The van der Waals surface area contributed by atoms with E-state index in [0.29, 0.717) is 41.1 Å². The molecule has 1 aromatic heterocycles. The van der Waals surface area contributed by atoms with Gasteiger partial charge in [0.2, 0.25) is 15.5 Å². The van der Waals surface area contributed by atoms with Gasteiger partial charge in [-0.3, -0.25) is 4.79 Å². The second-order valence-electron chi connectivity index (χ2n) is 7.85. The Morgan fingerprint density at radius 2 is 1.45 bits per heavy atom. The van der Waals surface area contributed by atoms with E-state index in [2.05, 4.69) is 4.90 Å². The van der Waals surface area contributed by atoms with Crippen LogP contribution in [0, 0.1) is 0 Å². The first-order chi connectivity index (χ1) is 15.9. The molecule has 0 aliphatic carbocycles. The molecule has 33 heavy (non-hydrogen) atoms. The largest absolute Gasteiger partial charge is 0.455 e. The zero-order chi connectivity index (χ0) is 23.0. The number of fused-ring (bicyclic) bond motifs is 1.